The van der Waals surface area contributed by atoms with Crippen molar-refractivity contribution in [2.24, 2.45) is 5.41 Å². The van der Waals surface area contributed by atoms with Gasteiger partial charge in [-0.05, 0) is 29.5 Å². The molecule has 1 aliphatic heterocycles. The van der Waals surface area contributed by atoms with Crippen molar-refractivity contribution in [3.05, 3.63) is 23.8 Å². The Hall–Kier alpha value is -1.36. The first-order valence-electron chi connectivity index (χ1n) is 6.62. The summed E-state index contributed by atoms with van der Waals surface area (Å²) in [7, 11) is 0. The minimum Gasteiger partial charge on any atom is -0.324 e. The lowest BCUT2D eigenvalue weighted by atomic mass is 9.88. The van der Waals surface area contributed by atoms with Gasteiger partial charge in [-0.2, -0.15) is 0 Å². The molecule has 108 valence electrons. The topological polar surface area (TPSA) is 58.2 Å². The van der Waals surface area contributed by atoms with Gasteiger partial charge in [-0.15, -0.1) is 0 Å². The van der Waals surface area contributed by atoms with E-state index in [9.17, 15) is 9.59 Å². The van der Waals surface area contributed by atoms with Gasteiger partial charge in [0.2, 0.25) is 11.8 Å². The third kappa shape index (κ3) is 3.82. The number of amides is 2. The Balaban J connectivity index is 2.27. The molecule has 2 amide bonds. The molecule has 5 heteroatoms. The first-order chi connectivity index (χ1) is 9.24. The Morgan fingerprint density at radius 3 is 2.35 bits per heavy atom. The number of benzene rings is 1. The number of carbonyl (C=O) groups excluding carboxylic acids is 2. The number of carbonyl (C=O) groups is 2. The number of anilines is 2. The number of hydrogen-bond acceptors (Lipinski definition) is 2. The first kappa shape index (κ1) is 15.0. The van der Waals surface area contributed by atoms with Crippen molar-refractivity contribution in [1.29, 1.82) is 0 Å². The average molecular weight is 339 g/mol. The van der Waals surface area contributed by atoms with E-state index < -0.39 is 0 Å². The molecule has 1 heterocycles. The fourth-order valence-electron chi connectivity index (χ4n) is 2.16. The highest BCUT2D eigenvalue weighted by Crippen LogP contribution is 2.38. The Kier molecular flexibility index (Phi) is 4.18. The second-order valence-corrected chi connectivity index (χ2v) is 7.42. The fraction of sp³-hybridized carbons (Fsp3) is 0.467. The zero-order valence-electron chi connectivity index (χ0n) is 11.9. The molecule has 0 bridgehead atoms. The normalized spacial score (nSPS) is 16.8. The fourth-order valence-corrected chi connectivity index (χ4v) is 3.42. The van der Waals surface area contributed by atoms with E-state index in [0.29, 0.717) is 11.4 Å². The zero-order chi connectivity index (χ0) is 14.9. The SMILES string of the molecule is CC(C)(C)CC(Br)c1ccc2c(c1)NC(=O)CC(=O)N2. The third-order valence-corrected chi connectivity index (χ3v) is 3.92. The van der Waals surface area contributed by atoms with Crippen LogP contribution in [0.5, 0.6) is 0 Å². The predicted octanol–water partition coefficient (Wildman–Crippen LogP) is 3.84. The van der Waals surface area contributed by atoms with Gasteiger partial charge in [0.1, 0.15) is 6.42 Å². The molecular formula is C15H19BrN2O2. The largest absolute Gasteiger partial charge is 0.324 e. The molecule has 2 rings (SSSR count). The summed E-state index contributed by atoms with van der Waals surface area (Å²) in [5.41, 5.74) is 2.62. The Labute approximate surface area is 127 Å². The molecule has 0 radical (unpaired) electrons. The van der Waals surface area contributed by atoms with E-state index in [1.807, 2.05) is 18.2 Å². The van der Waals surface area contributed by atoms with Crippen LogP contribution < -0.4 is 10.6 Å². The quantitative estimate of drug-likeness (QED) is 0.635. The van der Waals surface area contributed by atoms with Crippen LogP contribution in [0.2, 0.25) is 0 Å². The van der Waals surface area contributed by atoms with E-state index in [1.54, 1.807) is 0 Å². The second-order valence-electron chi connectivity index (χ2n) is 6.31. The lowest BCUT2D eigenvalue weighted by Gasteiger charge is -2.23. The van der Waals surface area contributed by atoms with Gasteiger partial charge in [0, 0.05) is 4.83 Å². The summed E-state index contributed by atoms with van der Waals surface area (Å²) in [6.07, 6.45) is 0.843. The van der Waals surface area contributed by atoms with Gasteiger partial charge in [-0.3, -0.25) is 9.59 Å². The highest BCUT2D eigenvalue weighted by molar-refractivity contribution is 9.09. The van der Waals surface area contributed by atoms with Crippen LogP contribution >= 0.6 is 15.9 Å². The molecule has 0 saturated heterocycles. The number of rotatable bonds is 2. The minimum atomic E-state index is -0.279. The summed E-state index contributed by atoms with van der Waals surface area (Å²) in [4.78, 5) is 23.3. The van der Waals surface area contributed by atoms with Crippen molar-refractivity contribution in [3.8, 4) is 0 Å². The Morgan fingerprint density at radius 2 is 1.75 bits per heavy atom. The molecule has 0 aromatic heterocycles. The monoisotopic (exact) mass is 338 g/mol. The van der Waals surface area contributed by atoms with Gasteiger partial charge in [0.15, 0.2) is 0 Å². The van der Waals surface area contributed by atoms with Crippen LogP contribution in [0.3, 0.4) is 0 Å². The molecule has 0 spiro atoms. The number of fused-ring (bicyclic) bond motifs is 1. The lowest BCUT2D eigenvalue weighted by Crippen LogP contribution is -2.16. The van der Waals surface area contributed by atoms with E-state index in [-0.39, 0.29) is 28.5 Å². The number of alkyl halides is 1. The smallest absolute Gasteiger partial charge is 0.233 e. The van der Waals surface area contributed by atoms with Gasteiger partial charge in [-0.25, -0.2) is 0 Å². The Bertz CT molecular complexity index is 549. The Morgan fingerprint density at radius 1 is 1.15 bits per heavy atom. The third-order valence-electron chi connectivity index (χ3n) is 3.07. The van der Waals surface area contributed by atoms with Gasteiger partial charge in [-0.1, -0.05) is 42.8 Å². The van der Waals surface area contributed by atoms with Crippen LogP contribution in [0.25, 0.3) is 0 Å². The lowest BCUT2D eigenvalue weighted by molar-refractivity contribution is -0.123. The maximum Gasteiger partial charge on any atom is 0.233 e. The van der Waals surface area contributed by atoms with E-state index >= 15 is 0 Å². The summed E-state index contributed by atoms with van der Waals surface area (Å²) < 4.78 is 0. The van der Waals surface area contributed by atoms with E-state index in [0.717, 1.165) is 12.0 Å². The highest BCUT2D eigenvalue weighted by Gasteiger charge is 2.21. The summed E-state index contributed by atoms with van der Waals surface area (Å²) in [5.74, 6) is -0.556. The molecule has 1 aromatic carbocycles. The van der Waals surface area contributed by atoms with Crippen LogP contribution in [0.15, 0.2) is 18.2 Å². The van der Waals surface area contributed by atoms with E-state index in [2.05, 4.69) is 47.3 Å². The summed E-state index contributed by atoms with van der Waals surface area (Å²) >= 11 is 3.70. The molecule has 1 aromatic rings. The molecule has 0 aliphatic carbocycles. The molecule has 0 fully saturated rings. The van der Waals surface area contributed by atoms with Crippen molar-refractivity contribution >= 4 is 39.1 Å². The number of halogens is 1. The second kappa shape index (κ2) is 5.56. The van der Waals surface area contributed by atoms with Crippen LogP contribution in [0.4, 0.5) is 11.4 Å². The van der Waals surface area contributed by atoms with Gasteiger partial charge < -0.3 is 10.6 Å². The molecule has 4 nitrogen and oxygen atoms in total. The van der Waals surface area contributed by atoms with E-state index in [1.165, 1.54) is 0 Å². The van der Waals surface area contributed by atoms with Crippen molar-refractivity contribution in [3.63, 3.8) is 0 Å². The zero-order valence-corrected chi connectivity index (χ0v) is 13.5. The summed E-state index contributed by atoms with van der Waals surface area (Å²) in [6, 6.07) is 5.73. The van der Waals surface area contributed by atoms with Crippen molar-refractivity contribution in [2.75, 3.05) is 10.6 Å². The standard InChI is InChI=1S/C15H19BrN2O2/c1-15(2,3)8-10(16)9-4-5-11-12(6-9)18-14(20)7-13(19)17-11/h4-6,10H,7-8H2,1-3H3,(H,17,19)(H,18,20). The first-order valence-corrected chi connectivity index (χ1v) is 7.54. The van der Waals surface area contributed by atoms with Crippen LogP contribution in [0, 0.1) is 5.41 Å². The molecular weight excluding hydrogens is 320 g/mol. The molecule has 0 saturated carbocycles. The van der Waals surface area contributed by atoms with E-state index in [4.69, 9.17) is 0 Å². The van der Waals surface area contributed by atoms with Crippen molar-refractivity contribution < 1.29 is 9.59 Å². The summed E-state index contributed by atoms with van der Waals surface area (Å²) in [5, 5.41) is 5.50. The van der Waals surface area contributed by atoms with Crippen LogP contribution in [0.1, 0.15) is 44.0 Å². The van der Waals surface area contributed by atoms with Crippen molar-refractivity contribution in [2.45, 2.75) is 38.4 Å². The maximum absolute atomic E-state index is 11.6. The average Bonchev–Trinajstić information content (AvgIpc) is 2.42. The molecule has 1 unspecified atom stereocenters. The number of nitrogens with one attached hydrogen (secondary N) is 2. The van der Waals surface area contributed by atoms with Gasteiger partial charge >= 0.3 is 0 Å². The molecule has 20 heavy (non-hydrogen) atoms. The molecule has 2 N–H and O–H groups in total. The number of hydrogen-bond donors (Lipinski definition) is 2. The van der Waals surface area contributed by atoms with Crippen LogP contribution in [-0.4, -0.2) is 11.8 Å². The van der Waals surface area contributed by atoms with Gasteiger partial charge in [0.25, 0.3) is 0 Å². The van der Waals surface area contributed by atoms with Gasteiger partial charge in [0.05, 0.1) is 11.4 Å². The molecule has 1 atom stereocenters. The summed E-state index contributed by atoms with van der Waals surface area (Å²) in [6.45, 7) is 6.56. The predicted molar refractivity (Wildman–Crippen MR) is 84.1 cm³/mol. The van der Waals surface area contributed by atoms with Crippen molar-refractivity contribution in [1.82, 2.24) is 0 Å². The molecule has 1 aliphatic rings. The van der Waals surface area contributed by atoms with Crippen LogP contribution in [-0.2, 0) is 9.59 Å². The highest BCUT2D eigenvalue weighted by atomic mass is 79.9. The maximum atomic E-state index is 11.6. The minimum absolute atomic E-state index is 0.135.